The summed E-state index contributed by atoms with van der Waals surface area (Å²) in [6.45, 7) is 4.56. The van der Waals surface area contributed by atoms with E-state index in [2.05, 4.69) is 17.1 Å². The molecule has 0 spiro atoms. The molecular weight excluding hydrogens is 128 g/mol. The molecule has 4 heteroatoms. The van der Waals surface area contributed by atoms with Crippen molar-refractivity contribution in [3.05, 3.63) is 12.4 Å². The molecule has 1 rings (SSSR count). The second-order valence-corrected chi connectivity index (χ2v) is 2.16. The van der Waals surface area contributed by atoms with Gasteiger partial charge in [-0.25, -0.2) is 5.43 Å². The van der Waals surface area contributed by atoms with Gasteiger partial charge in [-0.1, -0.05) is 6.58 Å². The Morgan fingerprint density at radius 3 is 3.10 bits per heavy atom. The molecule has 4 nitrogen and oxygen atoms in total. The maximum atomic E-state index is 4.06. The Morgan fingerprint density at radius 2 is 2.40 bits per heavy atom. The molecule has 0 amide bonds. The smallest absolute Gasteiger partial charge is 0.131 e. The van der Waals surface area contributed by atoms with Crippen LogP contribution in [0.4, 0.5) is 0 Å². The van der Waals surface area contributed by atoms with Crippen molar-refractivity contribution in [2.45, 2.75) is 0 Å². The molecular formula is C6H12N4. The third-order valence-electron chi connectivity index (χ3n) is 1.44. The van der Waals surface area contributed by atoms with E-state index in [0.717, 1.165) is 12.4 Å². The standard InChI is InChI=1S/C6H12N4/c1-6-9(2)7-4-5-8-10(6)3/h4,8H,1,5H2,2-3H3. The fourth-order valence-electron chi connectivity index (χ4n) is 0.716. The molecule has 1 N–H and O–H groups in total. The topological polar surface area (TPSA) is 30.9 Å². The van der Waals surface area contributed by atoms with Crippen LogP contribution >= 0.6 is 0 Å². The number of hydrazone groups is 1. The van der Waals surface area contributed by atoms with Crippen LogP contribution in [0.5, 0.6) is 0 Å². The zero-order valence-electron chi connectivity index (χ0n) is 6.33. The van der Waals surface area contributed by atoms with Crippen molar-refractivity contribution >= 4 is 6.21 Å². The van der Waals surface area contributed by atoms with Crippen molar-refractivity contribution in [1.82, 2.24) is 15.4 Å². The molecule has 0 unspecified atom stereocenters. The number of hydrogen-bond acceptors (Lipinski definition) is 4. The summed E-state index contributed by atoms with van der Waals surface area (Å²) < 4.78 is 0. The number of hydrogen-bond donors (Lipinski definition) is 1. The average molecular weight is 140 g/mol. The fourth-order valence-corrected chi connectivity index (χ4v) is 0.716. The van der Waals surface area contributed by atoms with Gasteiger partial charge in [0.2, 0.25) is 0 Å². The Balaban J connectivity index is 2.67. The monoisotopic (exact) mass is 140 g/mol. The van der Waals surface area contributed by atoms with Gasteiger partial charge in [-0.2, -0.15) is 5.10 Å². The van der Waals surface area contributed by atoms with E-state index in [1.165, 1.54) is 0 Å². The minimum absolute atomic E-state index is 0.750. The highest BCUT2D eigenvalue weighted by Crippen LogP contribution is 2.02. The normalized spacial score (nSPS) is 19.6. The molecule has 0 saturated carbocycles. The zero-order valence-corrected chi connectivity index (χ0v) is 6.33. The summed E-state index contributed by atoms with van der Waals surface area (Å²) in [6, 6.07) is 0. The summed E-state index contributed by atoms with van der Waals surface area (Å²) in [4.78, 5) is 0. The van der Waals surface area contributed by atoms with Crippen LogP contribution in [-0.2, 0) is 0 Å². The van der Waals surface area contributed by atoms with Crippen molar-refractivity contribution in [2.75, 3.05) is 20.6 Å². The average Bonchev–Trinajstić information content (AvgIpc) is 2.04. The summed E-state index contributed by atoms with van der Waals surface area (Å²) in [5.74, 6) is 0.841. The molecule has 0 atom stereocenters. The van der Waals surface area contributed by atoms with Gasteiger partial charge in [0.25, 0.3) is 0 Å². The zero-order chi connectivity index (χ0) is 7.56. The van der Waals surface area contributed by atoms with Crippen LogP contribution in [0.15, 0.2) is 17.5 Å². The molecule has 1 aliphatic heterocycles. The van der Waals surface area contributed by atoms with Crippen molar-refractivity contribution in [3.8, 4) is 0 Å². The number of rotatable bonds is 0. The molecule has 0 aliphatic carbocycles. The van der Waals surface area contributed by atoms with Gasteiger partial charge in [0.05, 0.1) is 6.54 Å². The third-order valence-corrected chi connectivity index (χ3v) is 1.44. The number of nitrogens with one attached hydrogen (secondary N) is 1. The van der Waals surface area contributed by atoms with Crippen LogP contribution in [0.25, 0.3) is 0 Å². The van der Waals surface area contributed by atoms with Crippen molar-refractivity contribution in [1.29, 1.82) is 0 Å². The highest BCUT2D eigenvalue weighted by molar-refractivity contribution is 5.59. The van der Waals surface area contributed by atoms with Gasteiger partial charge in [0.15, 0.2) is 0 Å². The largest absolute Gasteiger partial charge is 0.296 e. The molecule has 0 radical (unpaired) electrons. The lowest BCUT2D eigenvalue weighted by molar-refractivity contribution is 0.236. The van der Waals surface area contributed by atoms with Gasteiger partial charge in [-0.15, -0.1) is 0 Å². The van der Waals surface area contributed by atoms with E-state index < -0.39 is 0 Å². The minimum atomic E-state index is 0.750. The number of nitrogens with zero attached hydrogens (tertiary/aromatic N) is 3. The molecule has 0 aromatic carbocycles. The van der Waals surface area contributed by atoms with Crippen molar-refractivity contribution < 1.29 is 0 Å². The van der Waals surface area contributed by atoms with Crippen LogP contribution in [0.3, 0.4) is 0 Å². The summed E-state index contributed by atoms with van der Waals surface area (Å²) in [7, 11) is 3.77. The Kier molecular flexibility index (Phi) is 1.91. The molecule has 0 saturated heterocycles. The highest BCUT2D eigenvalue weighted by atomic mass is 15.6. The summed E-state index contributed by atoms with van der Waals surface area (Å²) >= 11 is 0. The van der Waals surface area contributed by atoms with Gasteiger partial charge in [-0.05, 0) is 0 Å². The quantitative estimate of drug-likeness (QED) is 0.506. The van der Waals surface area contributed by atoms with Crippen LogP contribution < -0.4 is 5.43 Å². The molecule has 1 aliphatic rings. The van der Waals surface area contributed by atoms with E-state index in [4.69, 9.17) is 0 Å². The Bertz CT molecular complexity index is 163. The molecule has 0 aromatic heterocycles. The van der Waals surface area contributed by atoms with Gasteiger partial charge >= 0.3 is 0 Å². The highest BCUT2D eigenvalue weighted by Gasteiger charge is 2.06. The van der Waals surface area contributed by atoms with E-state index in [1.54, 1.807) is 11.2 Å². The van der Waals surface area contributed by atoms with E-state index >= 15 is 0 Å². The summed E-state index contributed by atoms with van der Waals surface area (Å²) in [5.41, 5.74) is 3.07. The predicted molar refractivity (Wildman–Crippen MR) is 41.2 cm³/mol. The first-order valence-corrected chi connectivity index (χ1v) is 3.14. The maximum absolute atomic E-state index is 4.06. The molecule has 56 valence electrons. The first kappa shape index (κ1) is 7.08. The van der Waals surface area contributed by atoms with E-state index in [9.17, 15) is 0 Å². The van der Waals surface area contributed by atoms with Gasteiger partial charge in [0, 0.05) is 20.3 Å². The Hall–Kier alpha value is -1.03. The van der Waals surface area contributed by atoms with Crippen LogP contribution in [0.2, 0.25) is 0 Å². The molecule has 10 heavy (non-hydrogen) atoms. The van der Waals surface area contributed by atoms with Crippen LogP contribution in [0, 0.1) is 0 Å². The van der Waals surface area contributed by atoms with Crippen LogP contribution in [-0.4, -0.2) is 36.9 Å². The molecule has 1 heterocycles. The predicted octanol–water partition coefficient (Wildman–Crippen LogP) is -0.175. The van der Waals surface area contributed by atoms with Gasteiger partial charge in [-0.3, -0.25) is 10.0 Å². The van der Waals surface area contributed by atoms with Gasteiger partial charge in [0.1, 0.15) is 5.82 Å². The van der Waals surface area contributed by atoms with Crippen molar-refractivity contribution in [2.24, 2.45) is 5.10 Å². The van der Waals surface area contributed by atoms with Gasteiger partial charge < -0.3 is 0 Å². The Labute approximate surface area is 60.8 Å². The third kappa shape index (κ3) is 1.27. The second kappa shape index (κ2) is 2.70. The summed E-state index contributed by atoms with van der Waals surface area (Å²) in [6.07, 6.45) is 1.80. The molecule has 0 fully saturated rings. The lowest BCUT2D eigenvalue weighted by Gasteiger charge is -2.23. The van der Waals surface area contributed by atoms with E-state index in [1.807, 2.05) is 19.1 Å². The van der Waals surface area contributed by atoms with Crippen molar-refractivity contribution in [3.63, 3.8) is 0 Å². The maximum Gasteiger partial charge on any atom is 0.131 e. The first-order chi connectivity index (χ1) is 4.72. The van der Waals surface area contributed by atoms with E-state index in [-0.39, 0.29) is 0 Å². The molecule has 0 aromatic rings. The van der Waals surface area contributed by atoms with Crippen LogP contribution in [0.1, 0.15) is 0 Å². The lowest BCUT2D eigenvalue weighted by Crippen LogP contribution is -2.36. The minimum Gasteiger partial charge on any atom is -0.296 e. The number of hydrazine groups is 1. The summed E-state index contributed by atoms with van der Waals surface area (Å²) in [5, 5.41) is 7.62. The fraction of sp³-hybridized carbons (Fsp3) is 0.500. The SMILES string of the molecule is C=C1N(C)N=CCNN1C. The molecule has 0 bridgehead atoms. The lowest BCUT2D eigenvalue weighted by atomic mass is 10.7. The first-order valence-electron chi connectivity index (χ1n) is 3.14. The second-order valence-electron chi connectivity index (χ2n) is 2.16. The van der Waals surface area contributed by atoms with E-state index in [0.29, 0.717) is 0 Å². The Morgan fingerprint density at radius 1 is 1.70 bits per heavy atom.